The van der Waals surface area contributed by atoms with Gasteiger partial charge in [-0.15, -0.1) is 0 Å². The molecule has 0 saturated carbocycles. The number of benzene rings is 2. The molecule has 37 heavy (non-hydrogen) atoms. The van der Waals surface area contributed by atoms with Crippen LogP contribution in [0.25, 0.3) is 11.1 Å². The van der Waals surface area contributed by atoms with Gasteiger partial charge < -0.3 is 20.1 Å². The van der Waals surface area contributed by atoms with Crippen molar-refractivity contribution < 1.29 is 23.9 Å². The number of amides is 2. The van der Waals surface area contributed by atoms with Crippen LogP contribution in [0.15, 0.2) is 67.0 Å². The Balaban J connectivity index is 1.75. The molecule has 1 heterocycles. The number of nitrogens with one attached hydrogen (secondary N) is 2. The standard InChI is InChI=1S/C28H34N4O5/c1-27(2,3)36-25(34)29-17-23(19-11-8-7-9-12-19)24(33)31-22-14-10-13-20(15-22)21-16-30-32(18-21)26(35)37-28(4,5)6/h7-16,18,23H,17H2,1-6H3,(H,29,34)(H,31,33). The van der Waals surface area contributed by atoms with Gasteiger partial charge in [0.1, 0.15) is 11.2 Å². The van der Waals surface area contributed by atoms with E-state index in [4.69, 9.17) is 9.47 Å². The van der Waals surface area contributed by atoms with Gasteiger partial charge in [-0.1, -0.05) is 42.5 Å². The topological polar surface area (TPSA) is 112 Å². The van der Waals surface area contributed by atoms with Gasteiger partial charge in [0.2, 0.25) is 5.91 Å². The number of hydrogen-bond acceptors (Lipinski definition) is 6. The molecule has 196 valence electrons. The van der Waals surface area contributed by atoms with E-state index in [1.54, 1.807) is 72.1 Å². The maximum absolute atomic E-state index is 13.3. The van der Waals surface area contributed by atoms with Crippen LogP contribution < -0.4 is 10.6 Å². The lowest BCUT2D eigenvalue weighted by Crippen LogP contribution is -2.37. The van der Waals surface area contributed by atoms with Crippen LogP contribution in [-0.2, 0) is 14.3 Å². The minimum absolute atomic E-state index is 0.0626. The Morgan fingerprint density at radius 2 is 1.57 bits per heavy atom. The molecule has 3 rings (SSSR count). The summed E-state index contributed by atoms with van der Waals surface area (Å²) in [5.74, 6) is -0.934. The Morgan fingerprint density at radius 1 is 0.892 bits per heavy atom. The Morgan fingerprint density at radius 3 is 2.22 bits per heavy atom. The van der Waals surface area contributed by atoms with Crippen molar-refractivity contribution >= 4 is 23.8 Å². The van der Waals surface area contributed by atoms with E-state index in [1.165, 1.54) is 0 Å². The molecule has 1 atom stereocenters. The SMILES string of the molecule is CC(C)(C)OC(=O)NCC(C(=O)Nc1cccc(-c2cnn(C(=O)OC(C)(C)C)c2)c1)c1ccccc1. The van der Waals surface area contributed by atoms with E-state index < -0.39 is 29.3 Å². The molecule has 0 aliphatic heterocycles. The number of carbonyl (C=O) groups excluding carboxylic acids is 3. The fraction of sp³-hybridized carbons (Fsp3) is 0.357. The quantitative estimate of drug-likeness (QED) is 0.451. The molecule has 1 aromatic heterocycles. The largest absolute Gasteiger partial charge is 0.444 e. The predicted octanol–water partition coefficient (Wildman–Crippen LogP) is 5.58. The number of anilines is 1. The smallest absolute Gasteiger partial charge is 0.435 e. The van der Waals surface area contributed by atoms with Crippen LogP contribution in [-0.4, -0.2) is 45.6 Å². The van der Waals surface area contributed by atoms with Gasteiger partial charge in [0.15, 0.2) is 0 Å². The molecule has 2 amide bonds. The first-order valence-corrected chi connectivity index (χ1v) is 12.0. The number of nitrogens with zero attached hydrogens (tertiary/aromatic N) is 2. The Labute approximate surface area is 217 Å². The van der Waals surface area contributed by atoms with Crippen molar-refractivity contribution in [3.05, 3.63) is 72.6 Å². The Bertz CT molecular complexity index is 1240. The molecule has 0 aliphatic carbocycles. The van der Waals surface area contributed by atoms with Crippen molar-refractivity contribution in [2.24, 2.45) is 0 Å². The number of carbonyl (C=O) groups is 3. The minimum atomic E-state index is -0.647. The van der Waals surface area contributed by atoms with Gasteiger partial charge in [-0.05, 0) is 64.8 Å². The molecule has 9 heteroatoms. The molecule has 1 unspecified atom stereocenters. The molecule has 9 nitrogen and oxygen atoms in total. The van der Waals surface area contributed by atoms with Crippen molar-refractivity contribution in [3.63, 3.8) is 0 Å². The van der Waals surface area contributed by atoms with Crippen molar-refractivity contribution in [2.45, 2.75) is 58.7 Å². The third-order valence-corrected chi connectivity index (χ3v) is 4.99. The van der Waals surface area contributed by atoms with Gasteiger partial charge in [-0.2, -0.15) is 9.78 Å². The number of ether oxygens (including phenoxy) is 2. The lowest BCUT2D eigenvalue weighted by molar-refractivity contribution is -0.117. The number of rotatable bonds is 6. The summed E-state index contributed by atoms with van der Waals surface area (Å²) in [5, 5.41) is 9.73. The van der Waals surface area contributed by atoms with Gasteiger partial charge >= 0.3 is 12.2 Å². The first-order chi connectivity index (χ1) is 17.3. The van der Waals surface area contributed by atoms with Crippen LogP contribution in [0.5, 0.6) is 0 Å². The molecule has 0 aliphatic rings. The maximum Gasteiger partial charge on any atom is 0.435 e. The van der Waals surface area contributed by atoms with E-state index in [0.717, 1.165) is 15.8 Å². The van der Waals surface area contributed by atoms with Crippen molar-refractivity contribution in [2.75, 3.05) is 11.9 Å². The molecule has 0 spiro atoms. The number of hydrogen-bond donors (Lipinski definition) is 2. The third kappa shape index (κ3) is 8.49. The second kappa shape index (κ2) is 11.3. The molecular weight excluding hydrogens is 472 g/mol. The zero-order valence-electron chi connectivity index (χ0n) is 22.1. The molecule has 0 radical (unpaired) electrons. The zero-order chi connectivity index (χ0) is 27.2. The highest BCUT2D eigenvalue weighted by Crippen LogP contribution is 2.24. The van der Waals surface area contributed by atoms with Crippen LogP contribution in [0.1, 0.15) is 53.0 Å². The van der Waals surface area contributed by atoms with Gasteiger partial charge in [0.05, 0.1) is 12.1 Å². The third-order valence-electron chi connectivity index (χ3n) is 4.99. The maximum atomic E-state index is 13.3. The van der Waals surface area contributed by atoms with Crippen LogP contribution in [0.2, 0.25) is 0 Å². The van der Waals surface area contributed by atoms with Gasteiger partial charge in [0, 0.05) is 24.0 Å². The summed E-state index contributed by atoms with van der Waals surface area (Å²) in [6.07, 6.45) is 1.96. The fourth-order valence-corrected chi connectivity index (χ4v) is 3.43. The van der Waals surface area contributed by atoms with Crippen LogP contribution in [0, 0.1) is 0 Å². The first kappa shape index (κ1) is 27.4. The van der Waals surface area contributed by atoms with Crippen molar-refractivity contribution in [1.29, 1.82) is 0 Å². The van der Waals surface area contributed by atoms with Crippen molar-refractivity contribution in [1.82, 2.24) is 15.1 Å². The molecular formula is C28H34N4O5. The molecule has 3 aromatic rings. The second-order valence-electron chi connectivity index (χ2n) is 10.6. The van der Waals surface area contributed by atoms with Crippen LogP contribution >= 0.6 is 0 Å². The molecule has 0 saturated heterocycles. The molecule has 0 bridgehead atoms. The molecule has 0 fully saturated rings. The highest BCUT2D eigenvalue weighted by atomic mass is 16.6. The average Bonchev–Trinajstić information content (AvgIpc) is 3.28. The van der Waals surface area contributed by atoms with E-state index >= 15 is 0 Å². The summed E-state index contributed by atoms with van der Waals surface area (Å²) in [5.41, 5.74) is 1.48. The number of alkyl carbamates (subject to hydrolysis) is 1. The monoisotopic (exact) mass is 506 g/mol. The average molecular weight is 507 g/mol. The van der Waals surface area contributed by atoms with E-state index in [0.29, 0.717) is 11.3 Å². The lowest BCUT2D eigenvalue weighted by Gasteiger charge is -2.22. The summed E-state index contributed by atoms with van der Waals surface area (Å²) in [6.45, 7) is 10.7. The predicted molar refractivity (Wildman–Crippen MR) is 141 cm³/mol. The molecule has 2 N–H and O–H groups in total. The van der Waals surface area contributed by atoms with Gasteiger partial charge in [0.25, 0.3) is 0 Å². The summed E-state index contributed by atoms with van der Waals surface area (Å²) in [6, 6.07) is 16.4. The number of aromatic nitrogens is 2. The summed E-state index contributed by atoms with van der Waals surface area (Å²) in [7, 11) is 0. The van der Waals surface area contributed by atoms with Crippen molar-refractivity contribution in [3.8, 4) is 11.1 Å². The van der Waals surface area contributed by atoms with Gasteiger partial charge in [-0.3, -0.25) is 4.79 Å². The highest BCUT2D eigenvalue weighted by Gasteiger charge is 2.24. The van der Waals surface area contributed by atoms with Crippen LogP contribution in [0.4, 0.5) is 15.3 Å². The summed E-state index contributed by atoms with van der Waals surface area (Å²) < 4.78 is 11.8. The van der Waals surface area contributed by atoms with Crippen LogP contribution in [0.3, 0.4) is 0 Å². The van der Waals surface area contributed by atoms with E-state index in [9.17, 15) is 14.4 Å². The fourth-order valence-electron chi connectivity index (χ4n) is 3.43. The Kier molecular flexibility index (Phi) is 8.37. The lowest BCUT2D eigenvalue weighted by atomic mass is 9.98. The van der Waals surface area contributed by atoms with E-state index in [2.05, 4.69) is 15.7 Å². The normalized spacial score (nSPS) is 12.4. The molecule has 2 aromatic carbocycles. The minimum Gasteiger partial charge on any atom is -0.444 e. The zero-order valence-corrected chi connectivity index (χ0v) is 22.1. The summed E-state index contributed by atoms with van der Waals surface area (Å²) in [4.78, 5) is 37.8. The second-order valence-corrected chi connectivity index (χ2v) is 10.6. The summed E-state index contributed by atoms with van der Waals surface area (Å²) >= 11 is 0. The van der Waals surface area contributed by atoms with Gasteiger partial charge in [-0.25, -0.2) is 9.59 Å². The Hall–Kier alpha value is -4.14. The van der Waals surface area contributed by atoms with E-state index in [1.807, 2.05) is 36.4 Å². The highest BCUT2D eigenvalue weighted by molar-refractivity contribution is 5.96. The van der Waals surface area contributed by atoms with E-state index in [-0.39, 0.29) is 12.5 Å². The first-order valence-electron chi connectivity index (χ1n) is 12.0.